The first-order valence-corrected chi connectivity index (χ1v) is 5.96. The summed E-state index contributed by atoms with van der Waals surface area (Å²) in [6.45, 7) is 5.07. The summed E-state index contributed by atoms with van der Waals surface area (Å²) in [5.74, 6) is -1.08. The van der Waals surface area contributed by atoms with Crippen molar-refractivity contribution in [2.45, 2.75) is 6.92 Å². The number of anilines is 1. The van der Waals surface area contributed by atoms with Crippen molar-refractivity contribution in [1.29, 1.82) is 0 Å². The Morgan fingerprint density at radius 1 is 1.53 bits per heavy atom. The first-order valence-electron chi connectivity index (χ1n) is 5.58. The number of halogens is 1. The molecule has 1 aromatic rings. The van der Waals surface area contributed by atoms with Gasteiger partial charge in [0.2, 0.25) is 0 Å². The Kier molecular flexibility index (Phi) is 5.38. The molecule has 0 aliphatic heterocycles. The van der Waals surface area contributed by atoms with E-state index < -0.39 is 18.5 Å². The van der Waals surface area contributed by atoms with Gasteiger partial charge in [-0.25, -0.2) is 4.79 Å². The van der Waals surface area contributed by atoms with E-state index in [1.165, 1.54) is 6.08 Å². The Balaban J connectivity index is 2.83. The molecule has 0 radical (unpaired) electrons. The summed E-state index contributed by atoms with van der Waals surface area (Å²) < 4.78 is 0. The van der Waals surface area contributed by atoms with Gasteiger partial charge in [-0.05, 0) is 24.6 Å². The smallest absolute Gasteiger partial charge is 0.323 e. The number of nitrogens with one attached hydrogen (secondary N) is 1. The third kappa shape index (κ3) is 4.63. The van der Waals surface area contributed by atoms with Gasteiger partial charge in [0, 0.05) is 17.3 Å². The summed E-state index contributed by atoms with van der Waals surface area (Å²) in [5.41, 5.74) is 1.39. The highest BCUT2D eigenvalue weighted by Crippen LogP contribution is 2.20. The van der Waals surface area contributed by atoms with Crippen LogP contribution < -0.4 is 5.32 Å². The summed E-state index contributed by atoms with van der Waals surface area (Å²) in [4.78, 5) is 23.8. The highest BCUT2D eigenvalue weighted by molar-refractivity contribution is 6.31. The second-order valence-corrected chi connectivity index (χ2v) is 4.39. The highest BCUT2D eigenvalue weighted by Gasteiger charge is 2.16. The van der Waals surface area contributed by atoms with Crippen molar-refractivity contribution in [3.63, 3.8) is 0 Å². The lowest BCUT2D eigenvalue weighted by atomic mass is 10.2. The standard InChI is InChI=1S/C13H15ClN2O3/c1-3-6-16(8-12(17)18)13(19)15-11-7-10(14)5-4-9(11)2/h3-5,7H,1,6,8H2,2H3,(H,15,19)(H,17,18). The van der Waals surface area contributed by atoms with E-state index in [0.717, 1.165) is 10.5 Å². The zero-order chi connectivity index (χ0) is 14.4. The van der Waals surface area contributed by atoms with Gasteiger partial charge in [-0.3, -0.25) is 4.79 Å². The van der Waals surface area contributed by atoms with Crippen LogP contribution in [-0.2, 0) is 4.79 Å². The number of hydrogen-bond donors (Lipinski definition) is 2. The minimum Gasteiger partial charge on any atom is -0.480 e. The number of carbonyl (C=O) groups excluding carboxylic acids is 1. The van der Waals surface area contributed by atoms with Crippen LogP contribution >= 0.6 is 11.6 Å². The van der Waals surface area contributed by atoms with Gasteiger partial charge in [-0.2, -0.15) is 0 Å². The fraction of sp³-hybridized carbons (Fsp3) is 0.231. The van der Waals surface area contributed by atoms with E-state index in [1.807, 2.05) is 6.92 Å². The Morgan fingerprint density at radius 2 is 2.21 bits per heavy atom. The first-order chi connectivity index (χ1) is 8.93. The SMILES string of the molecule is C=CCN(CC(=O)O)C(=O)Nc1cc(Cl)ccc1C. The Morgan fingerprint density at radius 3 is 2.79 bits per heavy atom. The van der Waals surface area contributed by atoms with Gasteiger partial charge < -0.3 is 15.3 Å². The molecule has 6 heteroatoms. The maximum absolute atomic E-state index is 12.0. The fourth-order valence-electron chi connectivity index (χ4n) is 1.46. The largest absolute Gasteiger partial charge is 0.480 e. The normalized spacial score (nSPS) is 9.79. The average molecular weight is 283 g/mol. The molecule has 0 bridgehead atoms. The molecule has 0 heterocycles. The second kappa shape index (κ2) is 6.80. The van der Waals surface area contributed by atoms with E-state index in [2.05, 4.69) is 11.9 Å². The van der Waals surface area contributed by atoms with Crippen LogP contribution in [0.2, 0.25) is 5.02 Å². The van der Waals surface area contributed by atoms with E-state index in [9.17, 15) is 9.59 Å². The molecule has 0 saturated carbocycles. The van der Waals surface area contributed by atoms with Gasteiger partial charge in [-0.15, -0.1) is 6.58 Å². The number of carbonyl (C=O) groups is 2. The van der Waals surface area contributed by atoms with Crippen LogP contribution in [0.25, 0.3) is 0 Å². The first kappa shape index (κ1) is 15.0. The maximum Gasteiger partial charge on any atom is 0.323 e. The van der Waals surface area contributed by atoms with Crippen molar-refractivity contribution in [2.75, 3.05) is 18.4 Å². The number of amides is 2. The quantitative estimate of drug-likeness (QED) is 0.816. The minimum absolute atomic E-state index is 0.151. The topological polar surface area (TPSA) is 69.6 Å². The van der Waals surface area contributed by atoms with Gasteiger partial charge in [-0.1, -0.05) is 23.7 Å². The number of aliphatic carboxylic acids is 1. The zero-order valence-corrected chi connectivity index (χ0v) is 11.3. The predicted molar refractivity (Wildman–Crippen MR) is 74.6 cm³/mol. The lowest BCUT2D eigenvalue weighted by molar-refractivity contribution is -0.137. The predicted octanol–water partition coefficient (Wildman–Crippen LogP) is 2.75. The number of urea groups is 1. The van der Waals surface area contributed by atoms with Crippen LogP contribution in [0.5, 0.6) is 0 Å². The summed E-state index contributed by atoms with van der Waals surface area (Å²) >= 11 is 5.85. The molecular formula is C13H15ClN2O3. The molecule has 1 aromatic carbocycles. The molecule has 19 heavy (non-hydrogen) atoms. The van der Waals surface area contributed by atoms with Crippen molar-refractivity contribution >= 4 is 29.3 Å². The van der Waals surface area contributed by atoms with E-state index >= 15 is 0 Å². The van der Waals surface area contributed by atoms with E-state index in [0.29, 0.717) is 10.7 Å². The molecule has 1 rings (SSSR count). The highest BCUT2D eigenvalue weighted by atomic mass is 35.5. The molecule has 0 aromatic heterocycles. The molecular weight excluding hydrogens is 268 g/mol. The van der Waals surface area contributed by atoms with E-state index in [4.69, 9.17) is 16.7 Å². The van der Waals surface area contributed by atoms with Crippen LogP contribution in [0.15, 0.2) is 30.9 Å². The minimum atomic E-state index is -1.08. The molecule has 0 aliphatic carbocycles. The maximum atomic E-state index is 12.0. The van der Waals surface area contributed by atoms with Gasteiger partial charge in [0.1, 0.15) is 6.54 Å². The molecule has 2 amide bonds. The summed E-state index contributed by atoms with van der Waals surface area (Å²) in [5, 5.41) is 11.9. The number of hydrogen-bond acceptors (Lipinski definition) is 2. The molecule has 0 saturated heterocycles. The van der Waals surface area contributed by atoms with Crippen molar-refractivity contribution < 1.29 is 14.7 Å². The van der Waals surface area contributed by atoms with Crippen LogP contribution in [0, 0.1) is 6.92 Å². The average Bonchev–Trinajstić information content (AvgIpc) is 2.32. The van der Waals surface area contributed by atoms with E-state index in [-0.39, 0.29) is 6.54 Å². The number of nitrogens with zero attached hydrogens (tertiary/aromatic N) is 1. The van der Waals surface area contributed by atoms with Gasteiger partial charge >= 0.3 is 12.0 Å². The number of benzene rings is 1. The molecule has 0 aliphatic rings. The molecule has 0 fully saturated rings. The third-order valence-electron chi connectivity index (χ3n) is 2.40. The number of aryl methyl sites for hydroxylation is 1. The zero-order valence-electron chi connectivity index (χ0n) is 10.5. The molecule has 0 unspecified atom stereocenters. The van der Waals surface area contributed by atoms with Crippen molar-refractivity contribution in [2.24, 2.45) is 0 Å². The fourth-order valence-corrected chi connectivity index (χ4v) is 1.63. The van der Waals surface area contributed by atoms with Crippen LogP contribution in [-0.4, -0.2) is 35.1 Å². The molecule has 0 spiro atoms. The Hall–Kier alpha value is -2.01. The van der Waals surface area contributed by atoms with Gasteiger partial charge in [0.25, 0.3) is 0 Å². The molecule has 102 valence electrons. The molecule has 2 N–H and O–H groups in total. The van der Waals surface area contributed by atoms with Crippen LogP contribution in [0.4, 0.5) is 10.5 Å². The van der Waals surface area contributed by atoms with Crippen molar-refractivity contribution in [3.05, 3.63) is 41.4 Å². The van der Waals surface area contributed by atoms with Gasteiger partial charge in [0.15, 0.2) is 0 Å². The molecule has 0 atom stereocenters. The van der Waals surface area contributed by atoms with Crippen molar-refractivity contribution in [3.8, 4) is 0 Å². The number of rotatable bonds is 5. The lowest BCUT2D eigenvalue weighted by Gasteiger charge is -2.20. The summed E-state index contributed by atoms with van der Waals surface area (Å²) in [7, 11) is 0. The van der Waals surface area contributed by atoms with Gasteiger partial charge in [0.05, 0.1) is 0 Å². The second-order valence-electron chi connectivity index (χ2n) is 3.95. The van der Waals surface area contributed by atoms with Crippen LogP contribution in [0.3, 0.4) is 0 Å². The van der Waals surface area contributed by atoms with E-state index in [1.54, 1.807) is 18.2 Å². The summed E-state index contributed by atoms with van der Waals surface area (Å²) in [6, 6.07) is 4.59. The summed E-state index contributed by atoms with van der Waals surface area (Å²) in [6.07, 6.45) is 1.47. The Labute approximate surface area is 116 Å². The Bertz CT molecular complexity index is 503. The van der Waals surface area contributed by atoms with Crippen LogP contribution in [0.1, 0.15) is 5.56 Å². The third-order valence-corrected chi connectivity index (χ3v) is 2.64. The number of carboxylic acid groups (broad SMARTS) is 1. The monoisotopic (exact) mass is 282 g/mol. The number of carboxylic acids is 1. The molecule has 5 nitrogen and oxygen atoms in total. The lowest BCUT2D eigenvalue weighted by Crippen LogP contribution is -2.38. The van der Waals surface area contributed by atoms with Crippen molar-refractivity contribution in [1.82, 2.24) is 4.90 Å².